The van der Waals surface area contributed by atoms with Crippen LogP contribution in [0.5, 0.6) is 0 Å². The molecule has 1 aromatic carbocycles. The average molecular weight is 350 g/mol. The highest BCUT2D eigenvalue weighted by Gasteiger charge is 2.06. The minimum absolute atomic E-state index is 0.166. The molecule has 0 aliphatic heterocycles. The third-order valence-electron chi connectivity index (χ3n) is 1.73. The summed E-state index contributed by atoms with van der Waals surface area (Å²) in [5.41, 5.74) is 3.42. The van der Waals surface area contributed by atoms with Gasteiger partial charge in [-0.2, -0.15) is 0 Å². The predicted molar refractivity (Wildman–Crippen MR) is 75.4 cm³/mol. The van der Waals surface area contributed by atoms with Gasteiger partial charge in [-0.25, -0.2) is 10.8 Å². The first-order valence-electron chi connectivity index (χ1n) is 4.80. The largest absolute Gasteiger partial charge is 0.323 e. The molecule has 0 aromatic heterocycles. The zero-order chi connectivity index (χ0) is 12.1. The van der Waals surface area contributed by atoms with Gasteiger partial charge in [-0.15, -0.1) is 0 Å². The van der Waals surface area contributed by atoms with E-state index in [1.807, 2.05) is 32.0 Å². The number of nitrogens with two attached hydrogens (primary N) is 1. The van der Waals surface area contributed by atoms with Gasteiger partial charge in [0.15, 0.2) is 0 Å². The van der Waals surface area contributed by atoms with Gasteiger partial charge in [0.05, 0.1) is 5.69 Å². The molecule has 4 nitrogen and oxygen atoms in total. The van der Waals surface area contributed by atoms with Crippen LogP contribution in [0.2, 0.25) is 0 Å². The van der Waals surface area contributed by atoms with Crippen LogP contribution in [0.25, 0.3) is 0 Å². The van der Waals surface area contributed by atoms with Crippen molar-refractivity contribution in [3.8, 4) is 0 Å². The van der Waals surface area contributed by atoms with Crippen molar-refractivity contribution in [2.45, 2.75) is 19.9 Å². The Bertz CT molecular complexity index is 370. The fourth-order valence-corrected chi connectivity index (χ4v) is 2.30. The number of nitrogens with one attached hydrogen (secondary N) is 2. The molecule has 0 fully saturated rings. The third-order valence-corrected chi connectivity index (χ3v) is 3.05. The maximum absolute atomic E-state index is 5.40. The molecule has 0 aliphatic carbocycles. The van der Waals surface area contributed by atoms with Crippen LogP contribution < -0.4 is 16.6 Å². The second kappa shape index (κ2) is 6.22. The van der Waals surface area contributed by atoms with E-state index in [-0.39, 0.29) is 6.04 Å². The van der Waals surface area contributed by atoms with E-state index in [9.17, 15) is 0 Å². The lowest BCUT2D eigenvalue weighted by molar-refractivity contribution is 0.819. The van der Waals surface area contributed by atoms with Crippen LogP contribution >= 0.6 is 31.9 Å². The Hall–Kier alpha value is -0.590. The number of anilines is 1. The van der Waals surface area contributed by atoms with E-state index in [0.29, 0.717) is 5.96 Å². The van der Waals surface area contributed by atoms with E-state index in [0.717, 1.165) is 14.6 Å². The number of nitrogens with zero attached hydrogens (tertiary/aromatic N) is 1. The van der Waals surface area contributed by atoms with Crippen molar-refractivity contribution in [1.29, 1.82) is 0 Å². The second-order valence-electron chi connectivity index (χ2n) is 3.44. The van der Waals surface area contributed by atoms with Crippen molar-refractivity contribution < 1.29 is 0 Å². The molecular formula is C10H14Br2N4. The van der Waals surface area contributed by atoms with Crippen LogP contribution in [0.1, 0.15) is 13.8 Å². The molecule has 0 aliphatic rings. The summed E-state index contributed by atoms with van der Waals surface area (Å²) in [5.74, 6) is 5.93. The van der Waals surface area contributed by atoms with Crippen molar-refractivity contribution in [2.75, 3.05) is 5.32 Å². The lowest BCUT2D eigenvalue weighted by Crippen LogP contribution is -2.37. The molecule has 0 saturated heterocycles. The summed E-state index contributed by atoms with van der Waals surface area (Å²) in [6.45, 7) is 3.96. The molecule has 88 valence electrons. The number of benzene rings is 1. The molecule has 0 spiro atoms. The van der Waals surface area contributed by atoms with Crippen LogP contribution in [0.3, 0.4) is 0 Å². The minimum Gasteiger partial charge on any atom is -0.323 e. The Morgan fingerprint density at radius 1 is 1.31 bits per heavy atom. The fraction of sp³-hybridized carbons (Fsp3) is 0.300. The van der Waals surface area contributed by atoms with E-state index in [1.54, 1.807) is 0 Å². The number of para-hydroxylation sites is 1. The van der Waals surface area contributed by atoms with Gasteiger partial charge in [0.25, 0.3) is 0 Å². The van der Waals surface area contributed by atoms with Crippen LogP contribution in [0, 0.1) is 0 Å². The van der Waals surface area contributed by atoms with Gasteiger partial charge in [0, 0.05) is 15.0 Å². The summed E-state index contributed by atoms with van der Waals surface area (Å²) >= 11 is 6.91. The van der Waals surface area contributed by atoms with Gasteiger partial charge in [-0.1, -0.05) is 6.07 Å². The number of aliphatic imine (C=N–C) groups is 1. The van der Waals surface area contributed by atoms with Gasteiger partial charge in [0.1, 0.15) is 0 Å². The second-order valence-corrected chi connectivity index (χ2v) is 5.15. The first-order chi connectivity index (χ1) is 7.54. The molecule has 0 atom stereocenters. The zero-order valence-corrected chi connectivity index (χ0v) is 12.3. The van der Waals surface area contributed by atoms with Crippen molar-refractivity contribution in [1.82, 2.24) is 5.43 Å². The monoisotopic (exact) mass is 348 g/mol. The van der Waals surface area contributed by atoms with Gasteiger partial charge in [-0.3, -0.25) is 5.43 Å². The van der Waals surface area contributed by atoms with Crippen LogP contribution in [0.4, 0.5) is 5.69 Å². The molecule has 0 heterocycles. The Morgan fingerprint density at radius 3 is 2.31 bits per heavy atom. The maximum Gasteiger partial charge on any atom is 0.210 e. The van der Waals surface area contributed by atoms with Crippen molar-refractivity contribution in [3.63, 3.8) is 0 Å². The molecule has 16 heavy (non-hydrogen) atoms. The molecule has 1 rings (SSSR count). The average Bonchev–Trinajstić information content (AvgIpc) is 2.21. The summed E-state index contributed by atoms with van der Waals surface area (Å²) in [7, 11) is 0. The van der Waals surface area contributed by atoms with Gasteiger partial charge in [-0.05, 0) is 57.8 Å². The number of hydrogen-bond donors (Lipinski definition) is 3. The first-order valence-corrected chi connectivity index (χ1v) is 6.38. The zero-order valence-electron chi connectivity index (χ0n) is 9.09. The molecule has 0 radical (unpaired) electrons. The molecule has 0 bridgehead atoms. The number of hydrazine groups is 1. The Labute approximate surface area is 112 Å². The van der Waals surface area contributed by atoms with Gasteiger partial charge >= 0.3 is 0 Å². The van der Waals surface area contributed by atoms with Gasteiger partial charge < -0.3 is 5.32 Å². The van der Waals surface area contributed by atoms with E-state index >= 15 is 0 Å². The lowest BCUT2D eigenvalue weighted by Gasteiger charge is -2.13. The van der Waals surface area contributed by atoms with Crippen LogP contribution in [0.15, 0.2) is 32.1 Å². The summed E-state index contributed by atoms with van der Waals surface area (Å²) < 4.78 is 1.88. The minimum atomic E-state index is 0.166. The highest BCUT2D eigenvalue weighted by Crippen LogP contribution is 2.30. The Morgan fingerprint density at radius 2 is 1.88 bits per heavy atom. The van der Waals surface area contributed by atoms with E-state index < -0.39 is 0 Å². The summed E-state index contributed by atoms with van der Waals surface area (Å²) in [5, 5.41) is 3.12. The van der Waals surface area contributed by atoms with Crippen LogP contribution in [-0.2, 0) is 0 Å². The number of guanidine groups is 1. The predicted octanol–water partition coefficient (Wildman–Crippen LogP) is 2.85. The number of hydrogen-bond acceptors (Lipinski definition) is 2. The molecule has 1 aromatic rings. The Kier molecular flexibility index (Phi) is 5.24. The summed E-state index contributed by atoms with van der Waals surface area (Å²) in [6.07, 6.45) is 0. The van der Waals surface area contributed by atoms with E-state index in [4.69, 9.17) is 5.84 Å². The normalized spacial score (nSPS) is 11.8. The fourth-order valence-electron chi connectivity index (χ4n) is 1.10. The maximum atomic E-state index is 5.40. The standard InChI is InChI=1S/C10H14Br2N4/c1-6(2)14-10(16-13)15-9-7(11)4-3-5-8(9)12/h3-6H,13H2,1-2H3,(H2,14,15,16). The molecule has 6 heteroatoms. The molecule has 4 N–H and O–H groups in total. The lowest BCUT2D eigenvalue weighted by atomic mass is 10.3. The quantitative estimate of drug-likeness (QED) is 0.333. The third kappa shape index (κ3) is 3.77. The SMILES string of the molecule is CC(C)N=C(NN)Nc1c(Br)cccc1Br. The van der Waals surface area contributed by atoms with E-state index in [1.165, 1.54) is 0 Å². The smallest absolute Gasteiger partial charge is 0.210 e. The Balaban J connectivity index is 2.94. The molecule has 0 amide bonds. The van der Waals surface area contributed by atoms with Crippen LogP contribution in [-0.4, -0.2) is 12.0 Å². The molecule has 0 unspecified atom stereocenters. The number of halogens is 2. The van der Waals surface area contributed by atoms with Crippen molar-refractivity contribution >= 4 is 43.5 Å². The number of rotatable bonds is 2. The highest BCUT2D eigenvalue weighted by atomic mass is 79.9. The highest BCUT2D eigenvalue weighted by molar-refractivity contribution is 9.11. The first kappa shape index (κ1) is 13.5. The topological polar surface area (TPSA) is 62.4 Å². The van der Waals surface area contributed by atoms with Gasteiger partial charge in [0.2, 0.25) is 5.96 Å². The van der Waals surface area contributed by atoms with Crippen molar-refractivity contribution in [3.05, 3.63) is 27.1 Å². The molecular weight excluding hydrogens is 336 g/mol. The van der Waals surface area contributed by atoms with E-state index in [2.05, 4.69) is 47.6 Å². The molecule has 0 saturated carbocycles. The summed E-state index contributed by atoms with van der Waals surface area (Å²) in [6, 6.07) is 5.99. The van der Waals surface area contributed by atoms with Crippen molar-refractivity contribution in [2.24, 2.45) is 10.8 Å². The summed E-state index contributed by atoms with van der Waals surface area (Å²) in [4.78, 5) is 4.30.